The van der Waals surface area contributed by atoms with Crippen molar-refractivity contribution >= 4 is 23.6 Å². The van der Waals surface area contributed by atoms with Crippen LogP contribution in [0.3, 0.4) is 0 Å². The first-order valence-corrected chi connectivity index (χ1v) is 9.41. The number of halogens is 2. The lowest BCUT2D eigenvalue weighted by Gasteiger charge is -2.11. The van der Waals surface area contributed by atoms with Gasteiger partial charge < -0.3 is 4.57 Å². The molecular weight excluding hydrogens is 377 g/mol. The van der Waals surface area contributed by atoms with Gasteiger partial charge in [0.25, 0.3) is 0 Å². The maximum Gasteiger partial charge on any atom is 0.195 e. The number of hydrogen-bond acceptors (Lipinski definition) is 2. The Morgan fingerprint density at radius 3 is 2.64 bits per heavy atom. The summed E-state index contributed by atoms with van der Waals surface area (Å²) in [5.74, 6) is 0.411. The second kappa shape index (κ2) is 8.81. The molecule has 142 valence electrons. The average Bonchev–Trinajstić information content (AvgIpc) is 3.01. The van der Waals surface area contributed by atoms with Gasteiger partial charge in [-0.25, -0.2) is 14.2 Å². The summed E-state index contributed by atoms with van der Waals surface area (Å²) in [5.41, 5.74) is 3.06. The number of aldehydes is 1. The van der Waals surface area contributed by atoms with Gasteiger partial charge in [-0.15, -0.1) is 0 Å². The monoisotopic (exact) mass is 395 g/mol. The molecule has 0 aliphatic carbocycles. The number of carbonyl (C=O) groups excluding carboxylic acids is 1. The summed E-state index contributed by atoms with van der Waals surface area (Å²) < 4.78 is 15.4. The summed E-state index contributed by atoms with van der Waals surface area (Å²) in [6.45, 7) is 9.83. The standard InChI is InChI=1S/C22H19ClFN3O/c1-3-4-5-21-26-22(23)20(14-28)27(21)13-15-6-8-16(9-7-15)18-12-17(24)10-11-19(18)25-2/h6-12,14H,3-5,13H2,1H3. The van der Waals surface area contributed by atoms with Crippen LogP contribution in [0.15, 0.2) is 42.5 Å². The number of unbranched alkanes of at least 4 members (excludes halogenated alkanes) is 1. The Kier molecular flexibility index (Phi) is 6.23. The van der Waals surface area contributed by atoms with Crippen molar-refractivity contribution in [1.82, 2.24) is 9.55 Å². The van der Waals surface area contributed by atoms with Crippen molar-refractivity contribution in [3.8, 4) is 11.1 Å². The number of aryl methyl sites for hydroxylation is 1. The molecule has 0 saturated heterocycles. The Labute approximate surface area is 168 Å². The number of rotatable bonds is 7. The number of hydrogen-bond donors (Lipinski definition) is 0. The van der Waals surface area contributed by atoms with Gasteiger partial charge in [0.1, 0.15) is 17.3 Å². The first kappa shape index (κ1) is 19.8. The smallest absolute Gasteiger partial charge is 0.195 e. The minimum Gasteiger partial charge on any atom is -0.320 e. The molecule has 1 aromatic heterocycles. The molecule has 3 aromatic rings. The Morgan fingerprint density at radius 1 is 1.25 bits per heavy atom. The highest BCUT2D eigenvalue weighted by Gasteiger charge is 2.15. The Morgan fingerprint density at radius 2 is 2.00 bits per heavy atom. The fourth-order valence-electron chi connectivity index (χ4n) is 3.11. The van der Waals surface area contributed by atoms with Crippen LogP contribution in [-0.4, -0.2) is 15.8 Å². The average molecular weight is 396 g/mol. The van der Waals surface area contributed by atoms with Crippen LogP contribution < -0.4 is 0 Å². The number of carbonyl (C=O) groups is 1. The first-order chi connectivity index (χ1) is 13.6. The van der Waals surface area contributed by atoms with Crippen LogP contribution in [0.2, 0.25) is 5.15 Å². The molecule has 0 N–H and O–H groups in total. The van der Waals surface area contributed by atoms with Gasteiger partial charge in [-0.05, 0) is 35.2 Å². The fourth-order valence-corrected chi connectivity index (χ4v) is 3.35. The highest BCUT2D eigenvalue weighted by atomic mass is 35.5. The molecule has 2 aromatic carbocycles. The van der Waals surface area contributed by atoms with Crippen molar-refractivity contribution in [2.45, 2.75) is 32.7 Å². The van der Waals surface area contributed by atoms with E-state index in [0.717, 1.165) is 42.5 Å². The zero-order valence-electron chi connectivity index (χ0n) is 15.5. The van der Waals surface area contributed by atoms with Gasteiger partial charge in [0, 0.05) is 13.0 Å². The topological polar surface area (TPSA) is 39.2 Å². The molecule has 0 atom stereocenters. The van der Waals surface area contributed by atoms with E-state index in [-0.39, 0.29) is 11.0 Å². The van der Waals surface area contributed by atoms with E-state index in [1.807, 2.05) is 28.8 Å². The van der Waals surface area contributed by atoms with Crippen molar-refractivity contribution < 1.29 is 9.18 Å². The molecule has 28 heavy (non-hydrogen) atoms. The Hall–Kier alpha value is -2.97. The molecule has 0 unspecified atom stereocenters. The quantitative estimate of drug-likeness (QED) is 0.358. The van der Waals surface area contributed by atoms with Gasteiger partial charge in [-0.3, -0.25) is 4.79 Å². The zero-order valence-corrected chi connectivity index (χ0v) is 16.2. The molecule has 0 saturated carbocycles. The molecule has 0 spiro atoms. The summed E-state index contributed by atoms with van der Waals surface area (Å²) in [7, 11) is 0. The van der Waals surface area contributed by atoms with Crippen molar-refractivity contribution in [2.24, 2.45) is 0 Å². The van der Waals surface area contributed by atoms with E-state index in [1.54, 1.807) is 0 Å². The van der Waals surface area contributed by atoms with Gasteiger partial charge in [-0.2, -0.15) is 0 Å². The maximum atomic E-state index is 13.6. The second-order valence-corrected chi connectivity index (χ2v) is 6.84. The first-order valence-electron chi connectivity index (χ1n) is 9.03. The molecule has 0 aliphatic heterocycles. The molecular formula is C22H19ClFN3O. The van der Waals surface area contributed by atoms with Gasteiger partial charge >= 0.3 is 0 Å². The minimum atomic E-state index is -0.379. The van der Waals surface area contributed by atoms with Crippen molar-refractivity contribution in [3.63, 3.8) is 0 Å². The molecule has 3 rings (SSSR count). The highest BCUT2D eigenvalue weighted by Crippen LogP contribution is 2.31. The highest BCUT2D eigenvalue weighted by molar-refractivity contribution is 6.31. The predicted octanol–water partition coefficient (Wildman–Crippen LogP) is 6.10. The normalized spacial score (nSPS) is 10.6. The van der Waals surface area contributed by atoms with Gasteiger partial charge in [0.2, 0.25) is 0 Å². The van der Waals surface area contributed by atoms with E-state index < -0.39 is 0 Å². The van der Waals surface area contributed by atoms with E-state index in [1.165, 1.54) is 18.2 Å². The largest absolute Gasteiger partial charge is 0.320 e. The van der Waals surface area contributed by atoms with Crippen LogP contribution in [0, 0.1) is 12.4 Å². The number of nitrogens with zero attached hydrogens (tertiary/aromatic N) is 3. The van der Waals surface area contributed by atoms with Crippen molar-refractivity contribution in [1.29, 1.82) is 0 Å². The molecule has 1 heterocycles. The summed E-state index contributed by atoms with van der Waals surface area (Å²) in [6.07, 6.45) is 3.46. The van der Waals surface area contributed by atoms with E-state index in [2.05, 4.69) is 16.8 Å². The second-order valence-electron chi connectivity index (χ2n) is 6.48. The number of aromatic nitrogens is 2. The molecule has 0 aliphatic rings. The molecule has 6 heteroatoms. The number of benzene rings is 2. The summed E-state index contributed by atoms with van der Waals surface area (Å²) in [4.78, 5) is 19.3. The molecule has 0 radical (unpaired) electrons. The molecule has 0 fully saturated rings. The lowest BCUT2D eigenvalue weighted by Crippen LogP contribution is -2.08. The lowest BCUT2D eigenvalue weighted by molar-refractivity contribution is 0.111. The van der Waals surface area contributed by atoms with Crippen molar-refractivity contribution in [2.75, 3.05) is 0 Å². The lowest BCUT2D eigenvalue weighted by atomic mass is 10.0. The third kappa shape index (κ3) is 4.13. The number of imidazole rings is 1. The SMILES string of the molecule is [C-]#[N+]c1ccc(F)cc1-c1ccc(Cn2c(CCCC)nc(Cl)c2C=O)cc1. The molecule has 0 bridgehead atoms. The third-order valence-electron chi connectivity index (χ3n) is 4.59. The van der Waals surface area contributed by atoms with Crippen LogP contribution in [0.1, 0.15) is 41.6 Å². The van der Waals surface area contributed by atoms with Crippen LogP contribution in [0.5, 0.6) is 0 Å². The van der Waals surface area contributed by atoms with Crippen LogP contribution in [0.4, 0.5) is 10.1 Å². The van der Waals surface area contributed by atoms with E-state index in [9.17, 15) is 9.18 Å². The predicted molar refractivity (Wildman–Crippen MR) is 108 cm³/mol. The maximum absolute atomic E-state index is 13.6. The minimum absolute atomic E-state index is 0.221. The van der Waals surface area contributed by atoms with Crippen LogP contribution >= 0.6 is 11.6 Å². The summed E-state index contributed by atoms with van der Waals surface area (Å²) >= 11 is 6.12. The Balaban J connectivity index is 1.91. The van der Waals surface area contributed by atoms with Crippen LogP contribution in [-0.2, 0) is 13.0 Å². The molecule has 4 nitrogen and oxygen atoms in total. The van der Waals surface area contributed by atoms with Crippen LogP contribution in [0.25, 0.3) is 16.0 Å². The molecule has 0 amide bonds. The van der Waals surface area contributed by atoms with E-state index in [0.29, 0.717) is 23.5 Å². The van der Waals surface area contributed by atoms with Gasteiger partial charge in [0.15, 0.2) is 17.1 Å². The van der Waals surface area contributed by atoms with Crippen molar-refractivity contribution in [3.05, 3.63) is 81.9 Å². The third-order valence-corrected chi connectivity index (χ3v) is 4.87. The van der Waals surface area contributed by atoms with E-state index in [4.69, 9.17) is 18.2 Å². The Bertz CT molecular complexity index is 1040. The zero-order chi connectivity index (χ0) is 20.1. The van der Waals surface area contributed by atoms with E-state index >= 15 is 0 Å². The summed E-state index contributed by atoms with van der Waals surface area (Å²) in [5, 5.41) is 0.221. The fraction of sp³-hybridized carbons (Fsp3) is 0.227. The van der Waals surface area contributed by atoms with Gasteiger partial charge in [-0.1, -0.05) is 55.3 Å². The van der Waals surface area contributed by atoms with Gasteiger partial charge in [0.05, 0.1) is 6.57 Å². The summed E-state index contributed by atoms with van der Waals surface area (Å²) in [6, 6.07) is 11.6.